The van der Waals surface area contributed by atoms with Gasteiger partial charge in [0, 0.05) is 0 Å². The first kappa shape index (κ1) is 21.7. The lowest BCUT2D eigenvalue weighted by atomic mass is 10.2. The number of aliphatic carboxylic acids is 1. The third-order valence-electron chi connectivity index (χ3n) is 4.55. The highest BCUT2D eigenvalue weighted by Gasteiger charge is 2.30. The topological polar surface area (TPSA) is 65.0 Å². The van der Waals surface area contributed by atoms with E-state index in [2.05, 4.69) is 0 Å². The van der Waals surface area contributed by atoms with Crippen molar-refractivity contribution < 1.29 is 24.1 Å². The van der Waals surface area contributed by atoms with Gasteiger partial charge in [-0.1, -0.05) is 91.0 Å². The van der Waals surface area contributed by atoms with Crippen molar-refractivity contribution in [2.45, 2.75) is 32.0 Å². The van der Waals surface area contributed by atoms with Crippen molar-refractivity contribution in [1.82, 2.24) is 0 Å². The fourth-order valence-corrected chi connectivity index (χ4v) is 2.97. The van der Waals surface area contributed by atoms with Crippen LogP contribution in [-0.2, 0) is 38.8 Å². The molecule has 0 saturated heterocycles. The molecule has 0 spiro atoms. The van der Waals surface area contributed by atoms with Crippen molar-refractivity contribution in [3.63, 3.8) is 0 Å². The van der Waals surface area contributed by atoms with Crippen LogP contribution in [-0.4, -0.2) is 29.9 Å². The van der Waals surface area contributed by atoms with E-state index in [1.54, 1.807) is 0 Å². The molecule has 0 unspecified atom stereocenters. The molecule has 0 radical (unpaired) electrons. The third kappa shape index (κ3) is 7.12. The Bertz CT molecular complexity index is 868. The Morgan fingerprint density at radius 3 is 1.57 bits per heavy atom. The summed E-state index contributed by atoms with van der Waals surface area (Å²) in [5.74, 6) is -1.08. The van der Waals surface area contributed by atoms with Crippen LogP contribution < -0.4 is 0 Å². The summed E-state index contributed by atoms with van der Waals surface area (Å²) in [4.78, 5) is 11.9. The molecule has 0 fully saturated rings. The minimum atomic E-state index is -1.15. The summed E-state index contributed by atoms with van der Waals surface area (Å²) >= 11 is 0. The van der Waals surface area contributed by atoms with Crippen LogP contribution in [0.15, 0.2) is 91.0 Å². The van der Waals surface area contributed by atoms with Gasteiger partial charge in [-0.3, -0.25) is 0 Å². The van der Waals surface area contributed by atoms with Gasteiger partial charge >= 0.3 is 5.97 Å². The van der Waals surface area contributed by atoms with Crippen LogP contribution in [0.3, 0.4) is 0 Å². The maximum atomic E-state index is 11.9. The molecular formula is C25H26O5. The molecule has 0 amide bonds. The van der Waals surface area contributed by atoms with Crippen LogP contribution in [0, 0.1) is 0 Å². The molecule has 156 valence electrons. The predicted molar refractivity (Wildman–Crippen MR) is 114 cm³/mol. The zero-order chi connectivity index (χ0) is 21.0. The highest BCUT2D eigenvalue weighted by atomic mass is 16.6. The van der Waals surface area contributed by atoms with Gasteiger partial charge in [0.15, 0.2) is 6.10 Å². The fourth-order valence-electron chi connectivity index (χ4n) is 2.97. The number of hydrogen-bond acceptors (Lipinski definition) is 4. The first-order valence-corrected chi connectivity index (χ1v) is 9.88. The smallest absolute Gasteiger partial charge is 0.335 e. The number of benzene rings is 3. The molecule has 30 heavy (non-hydrogen) atoms. The van der Waals surface area contributed by atoms with E-state index in [1.807, 2.05) is 91.0 Å². The van der Waals surface area contributed by atoms with Gasteiger partial charge in [0.1, 0.15) is 6.10 Å². The van der Waals surface area contributed by atoms with Gasteiger partial charge in [-0.05, 0) is 16.7 Å². The van der Waals surface area contributed by atoms with Gasteiger partial charge in [0.25, 0.3) is 0 Å². The second-order valence-electron chi connectivity index (χ2n) is 6.89. The average Bonchev–Trinajstić information content (AvgIpc) is 2.79. The van der Waals surface area contributed by atoms with Gasteiger partial charge in [-0.25, -0.2) is 4.79 Å². The molecule has 0 heterocycles. The summed E-state index contributed by atoms with van der Waals surface area (Å²) in [5, 5.41) is 9.77. The molecule has 5 nitrogen and oxygen atoms in total. The molecule has 3 rings (SSSR count). The van der Waals surface area contributed by atoms with Crippen LogP contribution in [0.2, 0.25) is 0 Å². The summed E-state index contributed by atoms with van der Waals surface area (Å²) in [7, 11) is 0. The molecule has 3 aromatic carbocycles. The number of carbonyl (C=O) groups is 1. The largest absolute Gasteiger partial charge is 0.479 e. The lowest BCUT2D eigenvalue weighted by Gasteiger charge is -2.25. The van der Waals surface area contributed by atoms with Crippen LogP contribution in [0.4, 0.5) is 0 Å². The van der Waals surface area contributed by atoms with Crippen molar-refractivity contribution in [3.8, 4) is 0 Å². The normalized spacial score (nSPS) is 12.9. The minimum Gasteiger partial charge on any atom is -0.479 e. The van der Waals surface area contributed by atoms with E-state index in [-0.39, 0.29) is 19.8 Å². The molecule has 0 aliphatic rings. The number of carboxylic acid groups (broad SMARTS) is 1. The standard InChI is InChI=1S/C25H26O5/c26-25(27)24(30-18-22-14-8-3-9-15-22)23(29-17-21-12-6-2-7-13-21)19-28-16-20-10-4-1-5-11-20/h1-15,23-24H,16-19H2,(H,26,27)/t23-,24-/m1/s1. The quantitative estimate of drug-likeness (QED) is 0.481. The van der Waals surface area contributed by atoms with Gasteiger partial charge in [0.05, 0.1) is 26.4 Å². The molecule has 0 bridgehead atoms. The Kier molecular flexibility index (Phi) is 8.60. The van der Waals surface area contributed by atoms with Gasteiger partial charge in [0.2, 0.25) is 0 Å². The number of hydrogen-bond donors (Lipinski definition) is 1. The van der Waals surface area contributed by atoms with Gasteiger partial charge < -0.3 is 19.3 Å². The highest BCUT2D eigenvalue weighted by molar-refractivity contribution is 5.73. The lowest BCUT2D eigenvalue weighted by molar-refractivity contribution is -0.170. The van der Waals surface area contributed by atoms with E-state index >= 15 is 0 Å². The monoisotopic (exact) mass is 406 g/mol. The summed E-state index contributed by atoms with van der Waals surface area (Å²) in [6.45, 7) is 0.935. The molecule has 0 aromatic heterocycles. The Morgan fingerprint density at radius 2 is 1.10 bits per heavy atom. The predicted octanol–water partition coefficient (Wildman–Crippen LogP) is 4.46. The van der Waals surface area contributed by atoms with E-state index in [4.69, 9.17) is 14.2 Å². The van der Waals surface area contributed by atoms with Crippen LogP contribution >= 0.6 is 0 Å². The molecule has 1 N–H and O–H groups in total. The van der Waals surface area contributed by atoms with Gasteiger partial charge in [-0.2, -0.15) is 0 Å². The lowest BCUT2D eigenvalue weighted by Crippen LogP contribution is -2.41. The Hall–Kier alpha value is -2.99. The first-order chi connectivity index (χ1) is 14.7. The molecule has 0 aliphatic heterocycles. The summed E-state index contributed by atoms with van der Waals surface area (Å²) in [6.07, 6.45) is -1.90. The second-order valence-corrected chi connectivity index (χ2v) is 6.89. The molecule has 3 aromatic rings. The molecule has 5 heteroatoms. The second kappa shape index (κ2) is 11.9. The fraction of sp³-hybridized carbons (Fsp3) is 0.240. The molecule has 0 saturated carbocycles. The zero-order valence-electron chi connectivity index (χ0n) is 16.7. The number of carboxylic acids is 1. The molecule has 0 aliphatic carbocycles. The van der Waals surface area contributed by atoms with Crippen molar-refractivity contribution in [2.75, 3.05) is 6.61 Å². The number of ether oxygens (including phenoxy) is 3. The number of rotatable bonds is 12. The highest BCUT2D eigenvalue weighted by Crippen LogP contribution is 2.14. The van der Waals surface area contributed by atoms with Crippen molar-refractivity contribution in [3.05, 3.63) is 108 Å². The molecule has 2 atom stereocenters. The third-order valence-corrected chi connectivity index (χ3v) is 4.55. The van der Waals surface area contributed by atoms with Crippen LogP contribution in [0.5, 0.6) is 0 Å². The van der Waals surface area contributed by atoms with E-state index in [1.165, 1.54) is 0 Å². The van der Waals surface area contributed by atoms with Crippen molar-refractivity contribution in [2.24, 2.45) is 0 Å². The first-order valence-electron chi connectivity index (χ1n) is 9.88. The Labute approximate surface area is 176 Å². The van der Waals surface area contributed by atoms with Crippen LogP contribution in [0.1, 0.15) is 16.7 Å². The Morgan fingerprint density at radius 1 is 0.667 bits per heavy atom. The van der Waals surface area contributed by atoms with Crippen LogP contribution in [0.25, 0.3) is 0 Å². The van der Waals surface area contributed by atoms with E-state index in [0.717, 1.165) is 16.7 Å². The Balaban J connectivity index is 1.64. The summed E-state index contributed by atoms with van der Waals surface area (Å²) in [5.41, 5.74) is 2.87. The minimum absolute atomic E-state index is 0.105. The summed E-state index contributed by atoms with van der Waals surface area (Å²) in [6, 6.07) is 28.8. The van der Waals surface area contributed by atoms with Gasteiger partial charge in [-0.15, -0.1) is 0 Å². The van der Waals surface area contributed by atoms with E-state index in [9.17, 15) is 9.90 Å². The maximum Gasteiger partial charge on any atom is 0.335 e. The SMILES string of the molecule is O=C(O)[C@H](OCc1ccccc1)[C@@H](COCc1ccccc1)OCc1ccccc1. The van der Waals surface area contributed by atoms with Crippen molar-refractivity contribution in [1.29, 1.82) is 0 Å². The maximum absolute atomic E-state index is 11.9. The van der Waals surface area contributed by atoms with E-state index < -0.39 is 18.2 Å². The molecular weight excluding hydrogens is 380 g/mol. The van der Waals surface area contributed by atoms with Crippen molar-refractivity contribution >= 4 is 5.97 Å². The van der Waals surface area contributed by atoms with E-state index in [0.29, 0.717) is 6.61 Å². The average molecular weight is 406 g/mol. The summed E-state index contributed by atoms with van der Waals surface area (Å²) < 4.78 is 17.5. The zero-order valence-corrected chi connectivity index (χ0v) is 16.7.